The Kier molecular flexibility index (Phi) is 4.86. The van der Waals surface area contributed by atoms with Crippen molar-refractivity contribution in [1.29, 1.82) is 0 Å². The highest BCUT2D eigenvalue weighted by Crippen LogP contribution is 2.30. The lowest BCUT2D eigenvalue weighted by Crippen LogP contribution is -2.27. The third-order valence-corrected chi connectivity index (χ3v) is 4.18. The molecular formula is C12H21N3OS. The SMILES string of the molecule is CCSCc1noc(C2CCCCCC2N)n1. The summed E-state index contributed by atoms with van der Waals surface area (Å²) < 4.78 is 5.37. The molecule has 0 saturated heterocycles. The van der Waals surface area contributed by atoms with Crippen molar-refractivity contribution in [3.63, 3.8) is 0 Å². The summed E-state index contributed by atoms with van der Waals surface area (Å²) in [6.45, 7) is 2.13. The monoisotopic (exact) mass is 255 g/mol. The van der Waals surface area contributed by atoms with Crippen LogP contribution in [-0.2, 0) is 5.75 Å². The Morgan fingerprint density at radius 3 is 3.00 bits per heavy atom. The molecule has 17 heavy (non-hydrogen) atoms. The van der Waals surface area contributed by atoms with E-state index in [9.17, 15) is 0 Å². The third-order valence-electron chi connectivity index (χ3n) is 3.31. The van der Waals surface area contributed by atoms with Gasteiger partial charge in [0.15, 0.2) is 5.82 Å². The molecule has 1 aliphatic rings. The molecule has 1 saturated carbocycles. The molecule has 2 rings (SSSR count). The van der Waals surface area contributed by atoms with Gasteiger partial charge in [0, 0.05) is 6.04 Å². The van der Waals surface area contributed by atoms with Crippen LogP contribution in [0.3, 0.4) is 0 Å². The smallest absolute Gasteiger partial charge is 0.231 e. The molecule has 2 unspecified atom stereocenters. The zero-order valence-electron chi connectivity index (χ0n) is 10.4. The molecule has 2 N–H and O–H groups in total. The van der Waals surface area contributed by atoms with Crippen LogP contribution in [0.1, 0.15) is 56.7 Å². The molecule has 0 spiro atoms. The third kappa shape index (κ3) is 3.45. The fourth-order valence-corrected chi connectivity index (χ4v) is 2.82. The van der Waals surface area contributed by atoms with E-state index in [0.29, 0.717) is 0 Å². The first-order valence-electron chi connectivity index (χ1n) is 6.47. The van der Waals surface area contributed by atoms with E-state index in [-0.39, 0.29) is 12.0 Å². The van der Waals surface area contributed by atoms with Crippen LogP contribution >= 0.6 is 11.8 Å². The van der Waals surface area contributed by atoms with Crippen LogP contribution in [0.2, 0.25) is 0 Å². The Morgan fingerprint density at radius 2 is 2.18 bits per heavy atom. The lowest BCUT2D eigenvalue weighted by atomic mass is 9.95. The van der Waals surface area contributed by atoms with Crippen LogP contribution in [0.4, 0.5) is 0 Å². The molecule has 1 heterocycles. The van der Waals surface area contributed by atoms with E-state index in [1.165, 1.54) is 19.3 Å². The van der Waals surface area contributed by atoms with Crippen LogP contribution in [0.5, 0.6) is 0 Å². The molecule has 0 radical (unpaired) electrons. The summed E-state index contributed by atoms with van der Waals surface area (Å²) in [5, 5.41) is 4.03. The van der Waals surface area contributed by atoms with E-state index in [2.05, 4.69) is 17.1 Å². The van der Waals surface area contributed by atoms with Gasteiger partial charge in [0.25, 0.3) is 0 Å². The summed E-state index contributed by atoms with van der Waals surface area (Å²) >= 11 is 1.81. The number of nitrogens with two attached hydrogens (primary N) is 1. The van der Waals surface area contributed by atoms with Gasteiger partial charge in [-0.05, 0) is 18.6 Å². The highest BCUT2D eigenvalue weighted by Gasteiger charge is 2.26. The molecule has 5 heteroatoms. The van der Waals surface area contributed by atoms with E-state index in [0.717, 1.165) is 36.1 Å². The van der Waals surface area contributed by atoms with Gasteiger partial charge >= 0.3 is 0 Å². The van der Waals surface area contributed by atoms with Crippen molar-refractivity contribution in [3.8, 4) is 0 Å². The second kappa shape index (κ2) is 6.40. The van der Waals surface area contributed by atoms with Gasteiger partial charge < -0.3 is 10.3 Å². The van der Waals surface area contributed by atoms with E-state index >= 15 is 0 Å². The standard InChI is InChI=1S/C12H21N3OS/c1-2-17-8-11-14-12(16-15-11)9-6-4-3-5-7-10(9)13/h9-10H,2-8,13H2,1H3. The van der Waals surface area contributed by atoms with Gasteiger partial charge in [-0.3, -0.25) is 0 Å². The van der Waals surface area contributed by atoms with Crippen molar-refractivity contribution in [2.45, 2.75) is 56.7 Å². The summed E-state index contributed by atoms with van der Waals surface area (Å²) in [6.07, 6.45) is 5.89. The zero-order chi connectivity index (χ0) is 12.1. The minimum Gasteiger partial charge on any atom is -0.339 e. The van der Waals surface area contributed by atoms with Crippen molar-refractivity contribution in [2.75, 3.05) is 5.75 Å². The topological polar surface area (TPSA) is 64.9 Å². The van der Waals surface area contributed by atoms with Crippen LogP contribution in [-0.4, -0.2) is 21.9 Å². The van der Waals surface area contributed by atoms with Crippen LogP contribution in [0.25, 0.3) is 0 Å². The Hall–Kier alpha value is -0.550. The minimum atomic E-state index is 0.185. The number of hydrogen-bond acceptors (Lipinski definition) is 5. The molecule has 96 valence electrons. The summed E-state index contributed by atoms with van der Waals surface area (Å²) in [5.74, 6) is 3.74. The first-order valence-corrected chi connectivity index (χ1v) is 7.62. The van der Waals surface area contributed by atoms with Gasteiger partial charge in [-0.25, -0.2) is 0 Å². The van der Waals surface area contributed by atoms with Crippen molar-refractivity contribution < 1.29 is 4.52 Å². The molecule has 0 amide bonds. The largest absolute Gasteiger partial charge is 0.339 e. The quantitative estimate of drug-likeness (QED) is 0.838. The lowest BCUT2D eigenvalue weighted by molar-refractivity contribution is 0.324. The molecule has 1 aliphatic carbocycles. The van der Waals surface area contributed by atoms with Crippen molar-refractivity contribution in [1.82, 2.24) is 10.1 Å². The molecule has 1 fully saturated rings. The van der Waals surface area contributed by atoms with E-state index in [4.69, 9.17) is 10.3 Å². The van der Waals surface area contributed by atoms with E-state index in [1.54, 1.807) is 0 Å². The van der Waals surface area contributed by atoms with Crippen LogP contribution in [0, 0.1) is 0 Å². The van der Waals surface area contributed by atoms with Gasteiger partial charge in [0.1, 0.15) is 0 Å². The average Bonchev–Trinajstić information content (AvgIpc) is 2.69. The number of hydrogen-bond donors (Lipinski definition) is 1. The molecular weight excluding hydrogens is 234 g/mol. The van der Waals surface area contributed by atoms with Crippen LogP contribution in [0.15, 0.2) is 4.52 Å². The first kappa shape index (κ1) is 12.9. The summed E-state index contributed by atoms with van der Waals surface area (Å²) in [5.41, 5.74) is 6.19. The normalized spacial score (nSPS) is 25.8. The zero-order valence-corrected chi connectivity index (χ0v) is 11.2. The van der Waals surface area contributed by atoms with Gasteiger partial charge in [0.05, 0.1) is 11.7 Å². The summed E-state index contributed by atoms with van der Waals surface area (Å²) in [4.78, 5) is 4.48. The maximum Gasteiger partial charge on any atom is 0.231 e. The van der Waals surface area contributed by atoms with Crippen molar-refractivity contribution >= 4 is 11.8 Å². The maximum absolute atomic E-state index is 6.19. The van der Waals surface area contributed by atoms with Crippen molar-refractivity contribution in [3.05, 3.63) is 11.7 Å². The Morgan fingerprint density at radius 1 is 1.35 bits per heavy atom. The van der Waals surface area contributed by atoms with E-state index < -0.39 is 0 Å². The number of rotatable bonds is 4. The molecule has 0 aliphatic heterocycles. The summed E-state index contributed by atoms with van der Waals surface area (Å²) in [6, 6.07) is 0.185. The average molecular weight is 255 g/mol. The Balaban J connectivity index is 2.01. The fraction of sp³-hybridized carbons (Fsp3) is 0.833. The Labute approximate surface area is 107 Å². The predicted octanol–water partition coefficient (Wildman–Crippen LogP) is 2.70. The van der Waals surface area contributed by atoms with Gasteiger partial charge in [0.2, 0.25) is 5.89 Å². The second-order valence-electron chi connectivity index (χ2n) is 4.59. The molecule has 4 nitrogen and oxygen atoms in total. The number of nitrogens with zero attached hydrogens (tertiary/aromatic N) is 2. The van der Waals surface area contributed by atoms with Crippen LogP contribution < -0.4 is 5.73 Å². The number of thioether (sulfide) groups is 1. The molecule has 2 atom stereocenters. The first-order chi connectivity index (χ1) is 8.31. The maximum atomic E-state index is 6.19. The fourth-order valence-electron chi connectivity index (χ4n) is 2.31. The minimum absolute atomic E-state index is 0.185. The van der Waals surface area contributed by atoms with E-state index in [1.807, 2.05) is 11.8 Å². The van der Waals surface area contributed by atoms with Crippen molar-refractivity contribution in [2.24, 2.45) is 5.73 Å². The molecule has 1 aromatic rings. The molecule has 0 aromatic carbocycles. The second-order valence-corrected chi connectivity index (χ2v) is 5.87. The Bertz CT molecular complexity index is 342. The predicted molar refractivity (Wildman–Crippen MR) is 69.9 cm³/mol. The summed E-state index contributed by atoms with van der Waals surface area (Å²) in [7, 11) is 0. The van der Waals surface area contributed by atoms with Gasteiger partial charge in [-0.15, -0.1) is 0 Å². The molecule has 1 aromatic heterocycles. The van der Waals surface area contributed by atoms with Gasteiger partial charge in [-0.2, -0.15) is 16.7 Å². The lowest BCUT2D eigenvalue weighted by Gasteiger charge is -2.16. The van der Waals surface area contributed by atoms with Gasteiger partial charge in [-0.1, -0.05) is 31.3 Å². The highest BCUT2D eigenvalue weighted by molar-refractivity contribution is 7.98. The molecule has 0 bridgehead atoms. The number of aromatic nitrogens is 2. The highest BCUT2D eigenvalue weighted by atomic mass is 32.2.